The van der Waals surface area contributed by atoms with E-state index >= 15 is 0 Å². The van der Waals surface area contributed by atoms with Gasteiger partial charge in [0, 0.05) is 25.4 Å². The predicted octanol–water partition coefficient (Wildman–Crippen LogP) is 1.88. The number of aryl methyl sites for hydroxylation is 1. The van der Waals surface area contributed by atoms with Crippen molar-refractivity contribution in [1.29, 1.82) is 0 Å². The molecule has 0 aliphatic rings. The molecule has 0 saturated carbocycles. The first kappa shape index (κ1) is 15.0. The van der Waals surface area contributed by atoms with Crippen molar-refractivity contribution < 1.29 is 4.39 Å². The van der Waals surface area contributed by atoms with E-state index in [0.717, 1.165) is 35.7 Å². The number of benzene rings is 1. The first-order chi connectivity index (χ1) is 9.67. The third-order valence-corrected chi connectivity index (χ3v) is 3.86. The normalized spacial score (nSPS) is 12.6. The van der Waals surface area contributed by atoms with E-state index in [9.17, 15) is 4.39 Å². The highest BCUT2D eigenvalue weighted by Crippen LogP contribution is 2.13. The monoisotopic (exact) mass is 294 g/mol. The largest absolute Gasteiger partial charge is 0.329 e. The minimum absolute atomic E-state index is 0.0709. The molecule has 108 valence electrons. The number of nitrogens with zero attached hydrogens (tertiary/aromatic N) is 2. The fraction of sp³-hybridized carbons (Fsp3) is 0.429. The maximum atomic E-state index is 12.8. The molecule has 0 saturated heterocycles. The summed E-state index contributed by atoms with van der Waals surface area (Å²) in [5.41, 5.74) is 12.3. The predicted molar refractivity (Wildman–Crippen MR) is 79.1 cm³/mol. The van der Waals surface area contributed by atoms with Gasteiger partial charge in [-0.25, -0.2) is 9.37 Å². The van der Waals surface area contributed by atoms with Crippen LogP contribution in [0.3, 0.4) is 0 Å². The molecule has 0 radical (unpaired) electrons. The van der Waals surface area contributed by atoms with Gasteiger partial charge < -0.3 is 11.5 Å². The van der Waals surface area contributed by atoms with E-state index in [1.165, 1.54) is 23.7 Å². The zero-order chi connectivity index (χ0) is 14.4. The Morgan fingerprint density at radius 3 is 2.70 bits per heavy atom. The second kappa shape index (κ2) is 7.42. The average molecular weight is 294 g/mol. The molecule has 20 heavy (non-hydrogen) atoms. The van der Waals surface area contributed by atoms with Crippen molar-refractivity contribution in [2.45, 2.75) is 31.7 Å². The molecule has 4 N–H and O–H groups in total. The minimum atomic E-state index is -0.225. The molecule has 0 aliphatic heterocycles. The summed E-state index contributed by atoms with van der Waals surface area (Å²) < 4.78 is 17.1. The molecule has 2 aromatic rings. The number of aromatic nitrogens is 2. The maximum absolute atomic E-state index is 12.8. The Morgan fingerprint density at radius 2 is 2.00 bits per heavy atom. The molecule has 2 rings (SSSR count). The molecule has 0 bridgehead atoms. The highest BCUT2D eigenvalue weighted by atomic mass is 32.1. The lowest BCUT2D eigenvalue weighted by molar-refractivity contribution is 0.589. The lowest BCUT2D eigenvalue weighted by atomic mass is 10.1. The van der Waals surface area contributed by atoms with Crippen molar-refractivity contribution in [2.24, 2.45) is 11.5 Å². The zero-order valence-corrected chi connectivity index (χ0v) is 12.1. The second-order valence-corrected chi connectivity index (χ2v) is 5.63. The number of halogens is 1. The van der Waals surface area contributed by atoms with Crippen molar-refractivity contribution in [3.8, 4) is 0 Å². The standard InChI is InChI=1S/C14H19FN4S/c15-11-6-4-10(5-7-11)8-13-18-14(20-19-13)3-1-2-12(17)9-16/h4-7,12H,1-3,8-9,16-17H2. The summed E-state index contributed by atoms with van der Waals surface area (Å²) in [4.78, 5) is 4.49. The summed E-state index contributed by atoms with van der Waals surface area (Å²) in [7, 11) is 0. The van der Waals surface area contributed by atoms with Crippen LogP contribution < -0.4 is 11.5 Å². The molecule has 0 aliphatic carbocycles. The zero-order valence-electron chi connectivity index (χ0n) is 11.3. The van der Waals surface area contributed by atoms with Crippen LogP contribution in [0.2, 0.25) is 0 Å². The van der Waals surface area contributed by atoms with Gasteiger partial charge in [-0.1, -0.05) is 12.1 Å². The molecule has 1 heterocycles. The van der Waals surface area contributed by atoms with Crippen LogP contribution in [0.1, 0.15) is 29.2 Å². The van der Waals surface area contributed by atoms with E-state index in [-0.39, 0.29) is 11.9 Å². The van der Waals surface area contributed by atoms with E-state index < -0.39 is 0 Å². The molecule has 4 nitrogen and oxygen atoms in total. The SMILES string of the molecule is NCC(N)CCCc1nc(Cc2ccc(F)cc2)ns1. The second-order valence-electron chi connectivity index (χ2n) is 4.80. The first-order valence-corrected chi connectivity index (χ1v) is 7.46. The maximum Gasteiger partial charge on any atom is 0.146 e. The summed E-state index contributed by atoms with van der Waals surface area (Å²) in [6.45, 7) is 0.520. The topological polar surface area (TPSA) is 77.8 Å². The Hall–Kier alpha value is -1.37. The Kier molecular flexibility index (Phi) is 5.58. The van der Waals surface area contributed by atoms with Crippen LogP contribution in [-0.4, -0.2) is 21.9 Å². The van der Waals surface area contributed by atoms with Gasteiger partial charge in [0.25, 0.3) is 0 Å². The van der Waals surface area contributed by atoms with E-state index in [1.54, 1.807) is 12.1 Å². The third-order valence-electron chi connectivity index (χ3n) is 3.05. The summed E-state index contributed by atoms with van der Waals surface area (Å²) in [6, 6.07) is 6.50. The quantitative estimate of drug-likeness (QED) is 0.817. The molecule has 1 aromatic heterocycles. The van der Waals surface area contributed by atoms with Crippen LogP contribution in [0.5, 0.6) is 0 Å². The highest BCUT2D eigenvalue weighted by Gasteiger charge is 2.06. The molecule has 0 spiro atoms. The van der Waals surface area contributed by atoms with Gasteiger partial charge in [0.1, 0.15) is 16.6 Å². The van der Waals surface area contributed by atoms with Crippen LogP contribution in [-0.2, 0) is 12.8 Å². The van der Waals surface area contributed by atoms with E-state index in [2.05, 4.69) is 9.36 Å². The minimum Gasteiger partial charge on any atom is -0.329 e. The molecule has 6 heteroatoms. The van der Waals surface area contributed by atoms with Gasteiger partial charge in [-0.2, -0.15) is 4.37 Å². The van der Waals surface area contributed by atoms with Crippen molar-refractivity contribution >= 4 is 11.5 Å². The summed E-state index contributed by atoms with van der Waals surface area (Å²) in [5, 5.41) is 1.02. The molecule has 1 atom stereocenters. The van der Waals surface area contributed by atoms with Crippen molar-refractivity contribution in [2.75, 3.05) is 6.54 Å². The van der Waals surface area contributed by atoms with Gasteiger partial charge in [0.2, 0.25) is 0 Å². The Labute approximate surface area is 122 Å². The number of nitrogens with two attached hydrogens (primary N) is 2. The van der Waals surface area contributed by atoms with Crippen LogP contribution in [0.15, 0.2) is 24.3 Å². The van der Waals surface area contributed by atoms with Crippen molar-refractivity contribution in [3.05, 3.63) is 46.5 Å². The fourth-order valence-corrected chi connectivity index (χ4v) is 2.58. The molecule has 0 fully saturated rings. The lowest BCUT2D eigenvalue weighted by Crippen LogP contribution is -2.29. The van der Waals surface area contributed by atoms with Crippen LogP contribution in [0, 0.1) is 5.82 Å². The van der Waals surface area contributed by atoms with E-state index in [4.69, 9.17) is 11.5 Å². The molecule has 1 aromatic carbocycles. The number of rotatable bonds is 7. The molecule has 1 unspecified atom stereocenters. The van der Waals surface area contributed by atoms with Gasteiger partial charge in [-0.05, 0) is 42.1 Å². The smallest absolute Gasteiger partial charge is 0.146 e. The van der Waals surface area contributed by atoms with E-state index in [0.29, 0.717) is 13.0 Å². The Morgan fingerprint density at radius 1 is 1.25 bits per heavy atom. The van der Waals surface area contributed by atoms with E-state index in [1.807, 2.05) is 0 Å². The van der Waals surface area contributed by atoms with Gasteiger partial charge in [0.15, 0.2) is 0 Å². The number of hydrogen-bond acceptors (Lipinski definition) is 5. The third kappa shape index (κ3) is 4.63. The summed E-state index contributed by atoms with van der Waals surface area (Å²) in [6.07, 6.45) is 3.40. The van der Waals surface area contributed by atoms with Crippen LogP contribution in [0.25, 0.3) is 0 Å². The highest BCUT2D eigenvalue weighted by molar-refractivity contribution is 7.05. The molecular weight excluding hydrogens is 275 g/mol. The summed E-state index contributed by atoms with van der Waals surface area (Å²) in [5.74, 6) is 0.566. The van der Waals surface area contributed by atoms with Crippen LogP contribution >= 0.6 is 11.5 Å². The van der Waals surface area contributed by atoms with Crippen LogP contribution in [0.4, 0.5) is 4.39 Å². The fourth-order valence-electron chi connectivity index (χ4n) is 1.88. The van der Waals surface area contributed by atoms with Crippen molar-refractivity contribution in [1.82, 2.24) is 9.36 Å². The van der Waals surface area contributed by atoms with Crippen molar-refractivity contribution in [3.63, 3.8) is 0 Å². The summed E-state index contributed by atoms with van der Waals surface area (Å²) >= 11 is 1.42. The number of hydrogen-bond donors (Lipinski definition) is 2. The Bertz CT molecular complexity index is 526. The molecule has 0 amide bonds. The Balaban J connectivity index is 1.84. The first-order valence-electron chi connectivity index (χ1n) is 6.69. The van der Waals surface area contributed by atoms with Gasteiger partial charge in [0.05, 0.1) is 0 Å². The molecular formula is C14H19FN4S. The van der Waals surface area contributed by atoms with Gasteiger partial charge >= 0.3 is 0 Å². The van der Waals surface area contributed by atoms with Gasteiger partial charge in [-0.3, -0.25) is 0 Å². The lowest BCUT2D eigenvalue weighted by Gasteiger charge is -2.05. The van der Waals surface area contributed by atoms with Gasteiger partial charge in [-0.15, -0.1) is 0 Å². The average Bonchev–Trinajstić information content (AvgIpc) is 2.89.